The number of aromatic nitrogens is 2. The Hall–Kier alpha value is -1.33. The van der Waals surface area contributed by atoms with Gasteiger partial charge in [0.25, 0.3) is 0 Å². The van der Waals surface area contributed by atoms with E-state index in [2.05, 4.69) is 9.59 Å². The van der Waals surface area contributed by atoms with Crippen LogP contribution in [0.5, 0.6) is 0 Å². The summed E-state index contributed by atoms with van der Waals surface area (Å²) in [6, 6.07) is 4.62. The highest BCUT2D eigenvalue weighted by Crippen LogP contribution is 2.29. The molecule has 0 saturated carbocycles. The predicted octanol–water partition coefficient (Wildman–Crippen LogP) is 3.39. The molecule has 0 aliphatic carbocycles. The monoisotopic (exact) mass is 280 g/mol. The van der Waals surface area contributed by atoms with Crippen LogP contribution in [0.15, 0.2) is 18.2 Å². The molecule has 0 fully saturated rings. The molecule has 2 rings (SSSR count). The maximum Gasteiger partial charge on any atom is 0.123 e. The van der Waals surface area contributed by atoms with Crippen LogP contribution < -0.4 is 0 Å². The Labute approximate surface area is 116 Å². The van der Waals surface area contributed by atoms with Gasteiger partial charge in [0.2, 0.25) is 0 Å². The summed E-state index contributed by atoms with van der Waals surface area (Å²) in [5, 5.41) is 14.4. The fourth-order valence-electron chi connectivity index (χ4n) is 2.03. The van der Waals surface area contributed by atoms with E-state index in [0.717, 1.165) is 21.7 Å². The van der Waals surface area contributed by atoms with E-state index >= 15 is 0 Å². The second kappa shape index (κ2) is 5.75. The fourth-order valence-corrected chi connectivity index (χ4v) is 2.82. The minimum absolute atomic E-state index is 0.234. The molecule has 3 nitrogen and oxygen atoms in total. The first-order valence-corrected chi connectivity index (χ1v) is 7.01. The molecule has 0 amide bonds. The lowest BCUT2D eigenvalue weighted by molar-refractivity contribution is 0.180. The van der Waals surface area contributed by atoms with E-state index in [-0.39, 0.29) is 11.7 Å². The normalized spacial score (nSPS) is 12.9. The average molecular weight is 280 g/mol. The Bertz CT molecular complexity index is 568. The van der Waals surface area contributed by atoms with E-state index < -0.39 is 6.10 Å². The van der Waals surface area contributed by atoms with E-state index in [1.54, 1.807) is 6.07 Å². The van der Waals surface area contributed by atoms with Gasteiger partial charge in [-0.2, -0.15) is 0 Å². The van der Waals surface area contributed by atoms with Crippen LogP contribution in [0.4, 0.5) is 4.39 Å². The van der Waals surface area contributed by atoms with Gasteiger partial charge in [0.05, 0.1) is 16.7 Å². The molecule has 0 radical (unpaired) electrons. The Morgan fingerprint density at radius 2 is 2.11 bits per heavy atom. The first-order valence-electron chi connectivity index (χ1n) is 6.24. The lowest BCUT2D eigenvalue weighted by atomic mass is 9.99. The standard InChI is InChI=1S/C14H17FN2OS/c1-8(2)13-14(19-17-16-13)12(18)7-10-4-5-11(15)6-9(10)3/h4-6,8,12,18H,7H2,1-3H3. The maximum absolute atomic E-state index is 13.0. The molecule has 0 bridgehead atoms. The average Bonchev–Trinajstić information content (AvgIpc) is 2.82. The maximum atomic E-state index is 13.0. The van der Waals surface area contributed by atoms with Crippen molar-refractivity contribution in [2.75, 3.05) is 0 Å². The highest BCUT2D eigenvalue weighted by Gasteiger charge is 2.20. The summed E-state index contributed by atoms with van der Waals surface area (Å²) in [7, 11) is 0. The van der Waals surface area contributed by atoms with Gasteiger partial charge in [-0.15, -0.1) is 5.10 Å². The molecule has 1 atom stereocenters. The summed E-state index contributed by atoms with van der Waals surface area (Å²) in [5.41, 5.74) is 2.64. The van der Waals surface area contributed by atoms with Gasteiger partial charge in [-0.25, -0.2) is 4.39 Å². The van der Waals surface area contributed by atoms with Crippen LogP contribution in [0.2, 0.25) is 0 Å². The van der Waals surface area contributed by atoms with Crippen molar-refractivity contribution in [2.45, 2.75) is 39.2 Å². The molecular formula is C14H17FN2OS. The van der Waals surface area contributed by atoms with E-state index in [0.29, 0.717) is 6.42 Å². The number of aliphatic hydroxyl groups is 1. The molecular weight excluding hydrogens is 263 g/mol. The third-order valence-electron chi connectivity index (χ3n) is 3.11. The first-order chi connectivity index (χ1) is 8.99. The van der Waals surface area contributed by atoms with Gasteiger partial charge >= 0.3 is 0 Å². The summed E-state index contributed by atoms with van der Waals surface area (Å²) in [4.78, 5) is 0.804. The van der Waals surface area contributed by atoms with Crippen LogP contribution in [-0.4, -0.2) is 14.7 Å². The highest BCUT2D eigenvalue weighted by atomic mass is 32.1. The van der Waals surface area contributed by atoms with Gasteiger partial charge < -0.3 is 5.11 Å². The minimum Gasteiger partial charge on any atom is -0.387 e. The van der Waals surface area contributed by atoms with Crippen LogP contribution >= 0.6 is 11.5 Å². The largest absolute Gasteiger partial charge is 0.387 e. The van der Waals surface area contributed by atoms with Crippen molar-refractivity contribution in [3.8, 4) is 0 Å². The first kappa shape index (κ1) is 14.1. The van der Waals surface area contributed by atoms with Gasteiger partial charge in [0.15, 0.2) is 0 Å². The SMILES string of the molecule is Cc1cc(F)ccc1CC(O)c1snnc1C(C)C. The molecule has 0 saturated heterocycles. The summed E-state index contributed by atoms with van der Waals surface area (Å²) in [6.45, 7) is 5.89. The van der Waals surface area contributed by atoms with Crippen molar-refractivity contribution >= 4 is 11.5 Å². The van der Waals surface area contributed by atoms with E-state index in [1.807, 2.05) is 20.8 Å². The van der Waals surface area contributed by atoms with Crippen LogP contribution in [0.3, 0.4) is 0 Å². The Balaban J connectivity index is 2.21. The molecule has 2 aromatic rings. The van der Waals surface area contributed by atoms with Crippen molar-refractivity contribution in [1.29, 1.82) is 0 Å². The van der Waals surface area contributed by atoms with Gasteiger partial charge in [-0.3, -0.25) is 0 Å². The molecule has 0 aliphatic heterocycles. The highest BCUT2D eigenvalue weighted by molar-refractivity contribution is 7.05. The number of nitrogens with zero attached hydrogens (tertiary/aromatic N) is 2. The molecule has 102 valence electrons. The minimum atomic E-state index is -0.637. The summed E-state index contributed by atoms with van der Waals surface area (Å²) < 4.78 is 17.0. The smallest absolute Gasteiger partial charge is 0.123 e. The molecule has 5 heteroatoms. The molecule has 1 heterocycles. The Morgan fingerprint density at radius 3 is 2.74 bits per heavy atom. The van der Waals surface area contributed by atoms with Crippen molar-refractivity contribution < 1.29 is 9.50 Å². The zero-order valence-corrected chi connectivity index (χ0v) is 12.0. The van der Waals surface area contributed by atoms with Crippen molar-refractivity contribution in [3.63, 3.8) is 0 Å². The summed E-state index contributed by atoms with van der Waals surface area (Å²) in [6.07, 6.45) is -0.183. The Morgan fingerprint density at radius 1 is 1.37 bits per heavy atom. The van der Waals surface area contributed by atoms with Gasteiger partial charge in [0.1, 0.15) is 5.82 Å². The number of rotatable bonds is 4. The van der Waals surface area contributed by atoms with Crippen LogP contribution in [0.1, 0.15) is 47.6 Å². The Kier molecular flexibility index (Phi) is 4.27. The molecule has 1 aromatic heterocycles. The molecule has 1 aromatic carbocycles. The topological polar surface area (TPSA) is 46.0 Å². The fraction of sp³-hybridized carbons (Fsp3) is 0.429. The molecule has 1 unspecified atom stereocenters. The number of hydrogen-bond donors (Lipinski definition) is 1. The lowest BCUT2D eigenvalue weighted by Crippen LogP contribution is -2.05. The number of aliphatic hydroxyl groups excluding tert-OH is 1. The van der Waals surface area contributed by atoms with Crippen LogP contribution in [0, 0.1) is 12.7 Å². The van der Waals surface area contributed by atoms with Crippen molar-refractivity contribution in [1.82, 2.24) is 9.59 Å². The molecule has 0 spiro atoms. The van der Waals surface area contributed by atoms with Gasteiger partial charge in [-0.05, 0) is 47.6 Å². The number of hydrogen-bond acceptors (Lipinski definition) is 4. The lowest BCUT2D eigenvalue weighted by Gasteiger charge is -2.13. The van der Waals surface area contributed by atoms with Gasteiger partial charge in [-0.1, -0.05) is 24.4 Å². The number of benzene rings is 1. The van der Waals surface area contributed by atoms with Crippen LogP contribution in [0.25, 0.3) is 0 Å². The second-order valence-electron chi connectivity index (χ2n) is 4.97. The second-order valence-corrected chi connectivity index (χ2v) is 5.75. The van der Waals surface area contributed by atoms with Crippen LogP contribution in [-0.2, 0) is 6.42 Å². The number of aryl methyl sites for hydroxylation is 1. The quantitative estimate of drug-likeness (QED) is 0.933. The zero-order chi connectivity index (χ0) is 14.0. The van der Waals surface area contributed by atoms with E-state index in [9.17, 15) is 9.50 Å². The summed E-state index contributed by atoms with van der Waals surface area (Å²) in [5.74, 6) is -0.0178. The molecule has 1 N–H and O–H groups in total. The third-order valence-corrected chi connectivity index (χ3v) is 3.95. The summed E-state index contributed by atoms with van der Waals surface area (Å²) >= 11 is 1.23. The van der Waals surface area contributed by atoms with Crippen molar-refractivity contribution in [3.05, 3.63) is 45.7 Å². The predicted molar refractivity (Wildman–Crippen MR) is 73.8 cm³/mol. The third kappa shape index (κ3) is 3.16. The number of halogens is 1. The molecule has 19 heavy (non-hydrogen) atoms. The van der Waals surface area contributed by atoms with Gasteiger partial charge in [0, 0.05) is 6.42 Å². The molecule has 0 aliphatic rings. The van der Waals surface area contributed by atoms with E-state index in [1.165, 1.54) is 23.7 Å². The van der Waals surface area contributed by atoms with Crippen molar-refractivity contribution in [2.24, 2.45) is 0 Å². The van der Waals surface area contributed by atoms with E-state index in [4.69, 9.17) is 0 Å². The zero-order valence-electron chi connectivity index (χ0n) is 11.2.